The smallest absolute Gasteiger partial charge is 0.251 e. The zero-order valence-corrected chi connectivity index (χ0v) is 13.6. The van der Waals surface area contributed by atoms with Gasteiger partial charge in [0.25, 0.3) is 5.89 Å². The largest absolute Gasteiger partial charge is 0.417 e. The number of methoxy groups -OCH3 is 1. The maximum atomic E-state index is 5.85. The van der Waals surface area contributed by atoms with Crippen molar-refractivity contribution in [2.24, 2.45) is 0 Å². The number of nitrogens with zero attached hydrogens (tertiary/aromatic N) is 4. The number of hydrogen-bond donors (Lipinski definition) is 0. The highest BCUT2D eigenvalue weighted by Crippen LogP contribution is 2.34. The molecule has 1 atom stereocenters. The summed E-state index contributed by atoms with van der Waals surface area (Å²) < 4.78 is 18.7. The van der Waals surface area contributed by atoms with Gasteiger partial charge in [-0.1, -0.05) is 0 Å². The molecular weight excluding hydrogens is 308 g/mol. The van der Waals surface area contributed by atoms with Gasteiger partial charge in [0.1, 0.15) is 0 Å². The van der Waals surface area contributed by atoms with Gasteiger partial charge in [-0.2, -0.15) is 5.10 Å². The summed E-state index contributed by atoms with van der Waals surface area (Å²) >= 11 is 0. The first-order valence-corrected chi connectivity index (χ1v) is 7.80. The molecule has 2 aromatic heterocycles. The van der Waals surface area contributed by atoms with E-state index in [1.807, 2.05) is 41.9 Å². The molecule has 7 nitrogen and oxygen atoms in total. The van der Waals surface area contributed by atoms with Gasteiger partial charge >= 0.3 is 0 Å². The van der Waals surface area contributed by atoms with Gasteiger partial charge < -0.3 is 13.9 Å². The normalized spacial score (nSPS) is 20.6. The van der Waals surface area contributed by atoms with Crippen molar-refractivity contribution in [1.82, 2.24) is 20.0 Å². The SMILES string of the molecule is COC1(c2nnc(-c3ccc(-n4nccc4C)cc3)o2)CCOC1. The van der Waals surface area contributed by atoms with E-state index in [4.69, 9.17) is 13.9 Å². The van der Waals surface area contributed by atoms with Crippen LogP contribution in [0.4, 0.5) is 0 Å². The third-order valence-corrected chi connectivity index (χ3v) is 4.38. The van der Waals surface area contributed by atoms with Crippen LogP contribution in [0.2, 0.25) is 0 Å². The molecular formula is C17H18N4O3. The van der Waals surface area contributed by atoms with E-state index >= 15 is 0 Å². The Bertz CT molecular complexity index is 832. The molecule has 0 saturated carbocycles. The van der Waals surface area contributed by atoms with Gasteiger partial charge in [0.2, 0.25) is 5.89 Å². The van der Waals surface area contributed by atoms with Gasteiger partial charge in [-0.15, -0.1) is 10.2 Å². The maximum Gasteiger partial charge on any atom is 0.251 e. The molecule has 1 aromatic carbocycles. The van der Waals surface area contributed by atoms with E-state index < -0.39 is 5.60 Å². The first kappa shape index (κ1) is 15.0. The molecule has 0 radical (unpaired) electrons. The van der Waals surface area contributed by atoms with Crippen LogP contribution in [0, 0.1) is 6.92 Å². The zero-order valence-electron chi connectivity index (χ0n) is 13.6. The minimum absolute atomic E-state index is 0.433. The number of hydrogen-bond acceptors (Lipinski definition) is 6. The van der Waals surface area contributed by atoms with E-state index in [0.29, 0.717) is 31.4 Å². The monoisotopic (exact) mass is 326 g/mol. The lowest BCUT2D eigenvalue weighted by Crippen LogP contribution is -2.29. The van der Waals surface area contributed by atoms with E-state index in [-0.39, 0.29) is 0 Å². The highest BCUT2D eigenvalue weighted by Gasteiger charge is 2.42. The molecule has 0 bridgehead atoms. The van der Waals surface area contributed by atoms with Gasteiger partial charge in [-0.05, 0) is 37.3 Å². The van der Waals surface area contributed by atoms with Crippen LogP contribution < -0.4 is 0 Å². The minimum atomic E-state index is -0.628. The average molecular weight is 326 g/mol. The zero-order chi connectivity index (χ0) is 16.6. The number of rotatable bonds is 4. The molecule has 1 fully saturated rings. The summed E-state index contributed by atoms with van der Waals surface area (Å²) in [5.74, 6) is 0.932. The van der Waals surface area contributed by atoms with Crippen LogP contribution in [0.15, 0.2) is 40.9 Å². The highest BCUT2D eigenvalue weighted by atomic mass is 16.6. The third kappa shape index (κ3) is 2.42. The van der Waals surface area contributed by atoms with Crippen LogP contribution in [0.25, 0.3) is 17.1 Å². The Morgan fingerprint density at radius 2 is 2.00 bits per heavy atom. The number of ether oxygens (including phenoxy) is 2. The van der Waals surface area contributed by atoms with Crippen molar-refractivity contribution in [3.8, 4) is 17.1 Å². The van der Waals surface area contributed by atoms with Crippen molar-refractivity contribution in [1.29, 1.82) is 0 Å². The van der Waals surface area contributed by atoms with E-state index in [0.717, 1.165) is 16.9 Å². The lowest BCUT2D eigenvalue weighted by molar-refractivity contribution is -0.0407. The van der Waals surface area contributed by atoms with Gasteiger partial charge in [-0.3, -0.25) is 0 Å². The first-order chi connectivity index (χ1) is 11.7. The van der Waals surface area contributed by atoms with Crippen molar-refractivity contribution in [2.45, 2.75) is 18.9 Å². The molecule has 0 N–H and O–H groups in total. The Morgan fingerprint density at radius 3 is 2.62 bits per heavy atom. The second-order valence-corrected chi connectivity index (χ2v) is 5.84. The highest BCUT2D eigenvalue weighted by molar-refractivity contribution is 5.55. The summed E-state index contributed by atoms with van der Waals surface area (Å²) in [6, 6.07) is 9.80. The first-order valence-electron chi connectivity index (χ1n) is 7.80. The molecule has 24 heavy (non-hydrogen) atoms. The lowest BCUT2D eigenvalue weighted by atomic mass is 10.0. The fourth-order valence-corrected chi connectivity index (χ4v) is 2.87. The minimum Gasteiger partial charge on any atom is -0.417 e. The second-order valence-electron chi connectivity index (χ2n) is 5.84. The summed E-state index contributed by atoms with van der Waals surface area (Å²) in [5.41, 5.74) is 2.29. The fourth-order valence-electron chi connectivity index (χ4n) is 2.87. The van der Waals surface area contributed by atoms with Crippen molar-refractivity contribution in [3.63, 3.8) is 0 Å². The fraction of sp³-hybridized carbons (Fsp3) is 0.353. The Balaban J connectivity index is 1.62. The Labute approximate surface area is 139 Å². The number of benzene rings is 1. The van der Waals surface area contributed by atoms with Gasteiger partial charge in [0.15, 0.2) is 5.60 Å². The van der Waals surface area contributed by atoms with Gasteiger partial charge in [-0.25, -0.2) is 4.68 Å². The van der Waals surface area contributed by atoms with Crippen LogP contribution in [0.3, 0.4) is 0 Å². The lowest BCUT2D eigenvalue weighted by Gasteiger charge is -2.20. The van der Waals surface area contributed by atoms with Crippen molar-refractivity contribution in [3.05, 3.63) is 48.1 Å². The van der Waals surface area contributed by atoms with E-state index in [1.54, 1.807) is 13.3 Å². The summed E-state index contributed by atoms with van der Waals surface area (Å²) in [6.07, 6.45) is 2.49. The predicted octanol–water partition coefficient (Wildman–Crippen LogP) is 2.49. The molecule has 7 heteroatoms. The molecule has 1 unspecified atom stereocenters. The predicted molar refractivity (Wildman–Crippen MR) is 85.7 cm³/mol. The Morgan fingerprint density at radius 1 is 1.17 bits per heavy atom. The van der Waals surface area contributed by atoms with E-state index in [2.05, 4.69) is 15.3 Å². The van der Waals surface area contributed by atoms with Gasteiger partial charge in [0, 0.05) is 31.0 Å². The molecule has 4 rings (SSSR count). The maximum absolute atomic E-state index is 5.85. The van der Waals surface area contributed by atoms with E-state index in [1.165, 1.54) is 0 Å². The Hall–Kier alpha value is -2.51. The summed E-state index contributed by atoms with van der Waals surface area (Å²) in [7, 11) is 1.64. The number of aryl methyl sites for hydroxylation is 1. The van der Waals surface area contributed by atoms with Crippen molar-refractivity contribution in [2.75, 3.05) is 20.3 Å². The van der Waals surface area contributed by atoms with Crippen LogP contribution in [0.1, 0.15) is 18.0 Å². The van der Waals surface area contributed by atoms with Crippen LogP contribution in [0.5, 0.6) is 0 Å². The summed E-state index contributed by atoms with van der Waals surface area (Å²) in [5, 5.41) is 12.6. The third-order valence-electron chi connectivity index (χ3n) is 4.38. The van der Waals surface area contributed by atoms with Crippen molar-refractivity contribution < 1.29 is 13.9 Å². The van der Waals surface area contributed by atoms with E-state index in [9.17, 15) is 0 Å². The van der Waals surface area contributed by atoms with Gasteiger partial charge in [0.05, 0.1) is 18.9 Å². The van der Waals surface area contributed by atoms with Crippen molar-refractivity contribution >= 4 is 0 Å². The average Bonchev–Trinajstić information content (AvgIpc) is 3.35. The summed E-state index contributed by atoms with van der Waals surface area (Å²) in [4.78, 5) is 0. The van der Waals surface area contributed by atoms with Crippen LogP contribution in [-0.4, -0.2) is 40.3 Å². The molecule has 1 aliphatic heterocycles. The molecule has 0 aliphatic carbocycles. The van der Waals surface area contributed by atoms with Crippen LogP contribution >= 0.6 is 0 Å². The molecule has 1 saturated heterocycles. The topological polar surface area (TPSA) is 75.2 Å². The van der Waals surface area contributed by atoms with Crippen LogP contribution in [-0.2, 0) is 15.1 Å². The second kappa shape index (κ2) is 5.85. The molecule has 0 amide bonds. The quantitative estimate of drug-likeness (QED) is 0.733. The molecule has 1 aliphatic rings. The Kier molecular flexibility index (Phi) is 3.66. The standard InChI is InChI=1S/C17H18N4O3/c1-12-7-9-18-21(12)14-5-3-13(4-6-14)15-19-20-16(24-15)17(22-2)8-10-23-11-17/h3-7,9H,8,10-11H2,1-2H3. The molecule has 3 heterocycles. The number of aromatic nitrogens is 4. The molecule has 0 spiro atoms. The molecule has 124 valence electrons. The summed E-state index contributed by atoms with van der Waals surface area (Å²) in [6.45, 7) is 3.07. The molecule has 3 aromatic rings.